The zero-order valence-electron chi connectivity index (χ0n) is 5.21. The summed E-state index contributed by atoms with van der Waals surface area (Å²) >= 11 is 0. The molecule has 1 unspecified atom stereocenters. The van der Waals surface area contributed by atoms with Gasteiger partial charge >= 0.3 is 0 Å². The molecule has 0 bridgehead atoms. The molecule has 1 fully saturated rings. The zero-order chi connectivity index (χ0) is 6.53. The Morgan fingerprint density at radius 3 is 3.00 bits per heavy atom. The normalized spacial score (nSPS) is 23.8. The van der Waals surface area contributed by atoms with Crippen molar-refractivity contribution >= 4 is 0 Å². The fourth-order valence-electron chi connectivity index (χ4n) is 0.384. The van der Waals surface area contributed by atoms with Crippen LogP contribution in [0.25, 0.3) is 0 Å². The van der Waals surface area contributed by atoms with Gasteiger partial charge in [-0.25, -0.2) is 9.78 Å². The van der Waals surface area contributed by atoms with Gasteiger partial charge in [-0.2, -0.15) is 0 Å². The summed E-state index contributed by atoms with van der Waals surface area (Å²) in [5.74, 6) is 0. The van der Waals surface area contributed by atoms with Crippen LogP contribution in [0.1, 0.15) is 0 Å². The summed E-state index contributed by atoms with van der Waals surface area (Å²) in [5, 5.41) is 0. The third-order valence-electron chi connectivity index (χ3n) is 0.926. The molecule has 52 valence electrons. The molecule has 1 saturated heterocycles. The molecule has 0 saturated carbocycles. The van der Waals surface area contributed by atoms with Crippen molar-refractivity contribution in [2.24, 2.45) is 0 Å². The van der Waals surface area contributed by atoms with Gasteiger partial charge in [-0.1, -0.05) is 6.08 Å². The molecule has 1 aliphatic rings. The van der Waals surface area contributed by atoms with Crippen LogP contribution in [0.2, 0.25) is 0 Å². The third kappa shape index (κ3) is 3.24. The molecule has 1 heterocycles. The van der Waals surface area contributed by atoms with Crippen molar-refractivity contribution in [2.45, 2.75) is 6.10 Å². The van der Waals surface area contributed by atoms with E-state index < -0.39 is 0 Å². The molecule has 0 amide bonds. The van der Waals surface area contributed by atoms with E-state index in [0.29, 0.717) is 13.2 Å². The van der Waals surface area contributed by atoms with Crippen molar-refractivity contribution in [1.29, 1.82) is 0 Å². The van der Waals surface area contributed by atoms with Gasteiger partial charge in [-0.05, 0) is 0 Å². The molecule has 0 N–H and O–H groups in total. The lowest BCUT2D eigenvalue weighted by atomic mass is 10.5. The van der Waals surface area contributed by atoms with Gasteiger partial charge in [0.05, 0.1) is 6.61 Å². The van der Waals surface area contributed by atoms with Crippen molar-refractivity contribution in [3.05, 3.63) is 12.7 Å². The lowest BCUT2D eigenvalue weighted by Gasteiger charge is -1.96. The van der Waals surface area contributed by atoms with Crippen LogP contribution in [0, 0.1) is 0 Å². The highest BCUT2D eigenvalue weighted by Gasteiger charge is 2.22. The van der Waals surface area contributed by atoms with E-state index in [4.69, 9.17) is 9.62 Å². The van der Waals surface area contributed by atoms with Crippen LogP contribution >= 0.6 is 0 Å². The van der Waals surface area contributed by atoms with Crippen LogP contribution in [-0.2, 0) is 14.5 Å². The fraction of sp³-hybridized carbons (Fsp3) is 0.667. The van der Waals surface area contributed by atoms with Gasteiger partial charge in [-0.15, -0.1) is 6.58 Å². The van der Waals surface area contributed by atoms with E-state index in [1.807, 2.05) is 0 Å². The Kier molecular flexibility index (Phi) is 2.70. The van der Waals surface area contributed by atoms with Crippen molar-refractivity contribution in [2.75, 3.05) is 19.8 Å². The first kappa shape index (κ1) is 6.74. The van der Waals surface area contributed by atoms with Crippen LogP contribution in [0.3, 0.4) is 0 Å². The van der Waals surface area contributed by atoms with Gasteiger partial charge in [0, 0.05) is 0 Å². The van der Waals surface area contributed by atoms with Gasteiger partial charge < -0.3 is 4.74 Å². The Hall–Kier alpha value is -0.380. The standard InChI is InChI=1S/C6H10O3/c1-2-3-8-9-5-6-4-7-6/h2,6H,1,3-5H2. The maximum Gasteiger partial charge on any atom is 0.111 e. The van der Waals surface area contributed by atoms with Crippen molar-refractivity contribution in [3.8, 4) is 0 Å². The molecule has 0 spiro atoms. The highest BCUT2D eigenvalue weighted by atomic mass is 17.2. The fourth-order valence-corrected chi connectivity index (χ4v) is 0.384. The zero-order valence-corrected chi connectivity index (χ0v) is 5.21. The van der Waals surface area contributed by atoms with Crippen LogP contribution in [-0.4, -0.2) is 25.9 Å². The van der Waals surface area contributed by atoms with E-state index >= 15 is 0 Å². The monoisotopic (exact) mass is 130 g/mol. The summed E-state index contributed by atoms with van der Waals surface area (Å²) in [6.07, 6.45) is 1.91. The molecule has 0 aromatic carbocycles. The molecule has 3 nitrogen and oxygen atoms in total. The van der Waals surface area contributed by atoms with Gasteiger partial charge in [0.1, 0.15) is 19.3 Å². The van der Waals surface area contributed by atoms with Gasteiger partial charge in [0.25, 0.3) is 0 Å². The smallest absolute Gasteiger partial charge is 0.111 e. The van der Waals surface area contributed by atoms with E-state index in [-0.39, 0.29) is 6.10 Å². The summed E-state index contributed by atoms with van der Waals surface area (Å²) in [6.45, 7) is 5.23. The second-order valence-electron chi connectivity index (χ2n) is 1.81. The van der Waals surface area contributed by atoms with Crippen molar-refractivity contribution < 1.29 is 14.5 Å². The first-order chi connectivity index (χ1) is 4.43. The maximum absolute atomic E-state index is 4.86. The number of hydrogen-bond acceptors (Lipinski definition) is 3. The largest absolute Gasteiger partial charge is 0.370 e. The second-order valence-corrected chi connectivity index (χ2v) is 1.81. The molecular weight excluding hydrogens is 120 g/mol. The predicted molar refractivity (Wildman–Crippen MR) is 31.8 cm³/mol. The number of epoxide rings is 1. The van der Waals surface area contributed by atoms with E-state index in [2.05, 4.69) is 11.5 Å². The molecule has 1 aliphatic heterocycles. The third-order valence-corrected chi connectivity index (χ3v) is 0.926. The lowest BCUT2D eigenvalue weighted by Crippen LogP contribution is -2.01. The first-order valence-corrected chi connectivity index (χ1v) is 2.90. The van der Waals surface area contributed by atoms with E-state index in [1.165, 1.54) is 0 Å². The quantitative estimate of drug-likeness (QED) is 0.179. The van der Waals surface area contributed by atoms with Crippen LogP contribution in [0.15, 0.2) is 12.7 Å². The average molecular weight is 130 g/mol. The molecule has 0 aromatic heterocycles. The molecule has 0 aromatic rings. The summed E-state index contributed by atoms with van der Waals surface area (Å²) in [4.78, 5) is 9.34. The Morgan fingerprint density at radius 1 is 1.67 bits per heavy atom. The summed E-state index contributed by atoms with van der Waals surface area (Å²) in [5.41, 5.74) is 0. The lowest BCUT2D eigenvalue weighted by molar-refractivity contribution is -0.287. The van der Waals surface area contributed by atoms with Crippen molar-refractivity contribution in [3.63, 3.8) is 0 Å². The van der Waals surface area contributed by atoms with Gasteiger partial charge in [0.15, 0.2) is 0 Å². The first-order valence-electron chi connectivity index (χ1n) is 2.90. The highest BCUT2D eigenvalue weighted by molar-refractivity contribution is 4.66. The number of rotatable bonds is 5. The maximum atomic E-state index is 4.86. The number of hydrogen-bond donors (Lipinski definition) is 0. The molecule has 1 atom stereocenters. The summed E-state index contributed by atoms with van der Waals surface area (Å²) < 4.78 is 4.86. The predicted octanol–water partition coefficient (Wildman–Crippen LogP) is 0.519. The van der Waals surface area contributed by atoms with E-state index in [0.717, 1.165) is 6.61 Å². The average Bonchev–Trinajstić information content (AvgIpc) is 2.63. The number of ether oxygens (including phenoxy) is 1. The molecule has 1 rings (SSSR count). The minimum absolute atomic E-state index is 0.273. The molecule has 0 aliphatic carbocycles. The molecule has 0 radical (unpaired) electrons. The van der Waals surface area contributed by atoms with Gasteiger partial charge in [0.2, 0.25) is 0 Å². The van der Waals surface area contributed by atoms with Gasteiger partial charge in [-0.3, -0.25) is 0 Å². The Balaban J connectivity index is 1.75. The highest BCUT2D eigenvalue weighted by Crippen LogP contribution is 2.08. The second kappa shape index (κ2) is 3.61. The minimum Gasteiger partial charge on any atom is -0.370 e. The van der Waals surface area contributed by atoms with Crippen LogP contribution in [0.4, 0.5) is 0 Å². The SMILES string of the molecule is C=CCOOCC1CO1. The topological polar surface area (TPSA) is 31.0 Å². The molecule has 3 heteroatoms. The van der Waals surface area contributed by atoms with Crippen molar-refractivity contribution in [1.82, 2.24) is 0 Å². The Morgan fingerprint density at radius 2 is 2.44 bits per heavy atom. The summed E-state index contributed by atoms with van der Waals surface area (Å²) in [7, 11) is 0. The van der Waals surface area contributed by atoms with Crippen LogP contribution < -0.4 is 0 Å². The van der Waals surface area contributed by atoms with E-state index in [9.17, 15) is 0 Å². The minimum atomic E-state index is 0.273. The van der Waals surface area contributed by atoms with E-state index in [1.54, 1.807) is 6.08 Å². The molecular formula is C6H10O3. The van der Waals surface area contributed by atoms with Crippen LogP contribution in [0.5, 0.6) is 0 Å². The Labute approximate surface area is 54.1 Å². The summed E-state index contributed by atoms with van der Waals surface area (Å²) in [6, 6.07) is 0. The Bertz CT molecular complexity index is 88.3. The molecule has 9 heavy (non-hydrogen) atoms.